The van der Waals surface area contributed by atoms with Gasteiger partial charge >= 0.3 is 12.1 Å². The number of esters is 1. The highest BCUT2D eigenvalue weighted by atomic mass is 19.1. The number of anilines is 1. The van der Waals surface area contributed by atoms with Crippen LogP contribution in [0, 0.1) is 35.2 Å². The van der Waals surface area contributed by atoms with Crippen molar-refractivity contribution in [2.24, 2.45) is 17.8 Å². The summed E-state index contributed by atoms with van der Waals surface area (Å²) in [6.07, 6.45) is 1.38. The summed E-state index contributed by atoms with van der Waals surface area (Å²) in [7, 11) is 0. The quantitative estimate of drug-likeness (QED) is 0.414. The van der Waals surface area contributed by atoms with Gasteiger partial charge in [-0.2, -0.15) is 0 Å². The number of rotatable bonds is 7. The molecule has 1 saturated carbocycles. The molecular weight excluding hydrogens is 541 g/mol. The Labute approximate surface area is 234 Å². The first-order valence-electron chi connectivity index (χ1n) is 13.5. The van der Waals surface area contributed by atoms with E-state index in [0.29, 0.717) is 31.6 Å². The van der Waals surface area contributed by atoms with Crippen LogP contribution in [-0.2, 0) is 9.47 Å². The largest absolute Gasteiger partial charge is 0.462 e. The highest BCUT2D eigenvalue weighted by Gasteiger charge is 2.55. The van der Waals surface area contributed by atoms with Crippen molar-refractivity contribution in [3.63, 3.8) is 0 Å². The number of fused-ring (bicyclic) bond motifs is 2. The Hall–Kier alpha value is -4.09. The summed E-state index contributed by atoms with van der Waals surface area (Å²) in [5.74, 6) is -2.54. The minimum Gasteiger partial charge on any atom is -0.462 e. The number of hydrogen-bond donors (Lipinski definition) is 1. The molecule has 5 rings (SSSR count). The average molecular weight is 573 g/mol. The van der Waals surface area contributed by atoms with Crippen LogP contribution in [0.15, 0.2) is 35.3 Å². The molecule has 1 N–H and O–H groups in total. The number of ether oxygens (including phenoxy) is 2. The zero-order valence-corrected chi connectivity index (χ0v) is 23.2. The van der Waals surface area contributed by atoms with E-state index in [1.54, 1.807) is 32.6 Å². The van der Waals surface area contributed by atoms with Gasteiger partial charge < -0.3 is 19.7 Å². The molecule has 2 atom stereocenters. The lowest BCUT2D eigenvalue weighted by Crippen LogP contribution is -2.33. The molecule has 41 heavy (non-hydrogen) atoms. The standard InChI is InChI=1S/C29H31F3N4O5/c1-5-40-27(38)20-14-36(23-7-6-15(30)10-21(23)31)25-17(24(20)37)11-22(32)26(34-25)35-12-18-16(19(18)13-35)8-9-33-28(39)41-29(2,3)4/h6-7,10-11,14,16,18-19H,5,8-9,12-13H2,1-4H3,(H,33,39). The molecule has 1 saturated heterocycles. The second kappa shape index (κ2) is 10.7. The highest BCUT2D eigenvalue weighted by molar-refractivity contribution is 5.94. The molecular formula is C29H31F3N4O5. The summed E-state index contributed by atoms with van der Waals surface area (Å²) in [6, 6.07) is 3.84. The molecule has 3 aromatic rings. The van der Waals surface area contributed by atoms with Crippen LogP contribution in [0.3, 0.4) is 0 Å². The third-order valence-electron chi connectivity index (χ3n) is 7.39. The van der Waals surface area contributed by atoms with Crippen LogP contribution in [0.1, 0.15) is 44.5 Å². The number of carbonyl (C=O) groups excluding carboxylic acids is 2. The van der Waals surface area contributed by atoms with E-state index < -0.39 is 46.1 Å². The minimum atomic E-state index is -0.956. The number of hydrogen-bond acceptors (Lipinski definition) is 7. The van der Waals surface area contributed by atoms with E-state index in [-0.39, 0.29) is 41.0 Å². The van der Waals surface area contributed by atoms with Crippen molar-refractivity contribution in [2.45, 2.75) is 39.7 Å². The zero-order valence-electron chi connectivity index (χ0n) is 23.2. The van der Waals surface area contributed by atoms with Crippen molar-refractivity contribution in [2.75, 3.05) is 31.1 Å². The SMILES string of the molecule is CCOC(=O)c1cn(-c2ccc(F)cc2F)c2nc(N3CC4C(CCNC(=O)OC(C)(C)C)C4C3)c(F)cc2c1=O. The first kappa shape index (κ1) is 28.4. The first-order valence-corrected chi connectivity index (χ1v) is 13.5. The molecule has 3 heterocycles. The van der Waals surface area contributed by atoms with Crippen LogP contribution >= 0.6 is 0 Å². The van der Waals surface area contributed by atoms with Crippen LogP contribution < -0.4 is 15.6 Å². The molecule has 2 aromatic heterocycles. The highest BCUT2D eigenvalue weighted by Crippen LogP contribution is 2.54. The zero-order chi connectivity index (χ0) is 29.6. The Kier molecular flexibility index (Phi) is 7.43. The maximum atomic E-state index is 15.4. The van der Waals surface area contributed by atoms with Gasteiger partial charge in [-0.05, 0) is 70.1 Å². The number of amides is 1. The van der Waals surface area contributed by atoms with Gasteiger partial charge in [0.1, 0.15) is 22.8 Å². The van der Waals surface area contributed by atoms with Gasteiger partial charge in [0.15, 0.2) is 17.3 Å². The topological polar surface area (TPSA) is 103 Å². The molecule has 0 bridgehead atoms. The van der Waals surface area contributed by atoms with Crippen molar-refractivity contribution in [1.29, 1.82) is 0 Å². The van der Waals surface area contributed by atoms with Gasteiger partial charge in [0.05, 0.1) is 17.7 Å². The van der Waals surface area contributed by atoms with Crippen LogP contribution in [0.4, 0.5) is 23.8 Å². The molecule has 218 valence electrons. The van der Waals surface area contributed by atoms with Gasteiger partial charge in [0.2, 0.25) is 5.43 Å². The summed E-state index contributed by atoms with van der Waals surface area (Å²) >= 11 is 0. The van der Waals surface area contributed by atoms with E-state index in [2.05, 4.69) is 10.3 Å². The molecule has 0 radical (unpaired) electrons. The number of alkyl carbamates (subject to hydrolysis) is 1. The van der Waals surface area contributed by atoms with Gasteiger partial charge in [-0.3, -0.25) is 9.36 Å². The van der Waals surface area contributed by atoms with E-state index in [1.165, 1.54) is 0 Å². The molecule has 1 aliphatic heterocycles. The number of aromatic nitrogens is 2. The van der Waals surface area contributed by atoms with E-state index in [9.17, 15) is 23.2 Å². The van der Waals surface area contributed by atoms with Crippen molar-refractivity contribution < 1.29 is 32.2 Å². The van der Waals surface area contributed by atoms with Crippen molar-refractivity contribution >= 4 is 28.9 Å². The lowest BCUT2D eigenvalue weighted by Gasteiger charge is -2.23. The van der Waals surface area contributed by atoms with Crippen molar-refractivity contribution in [3.8, 4) is 5.69 Å². The maximum absolute atomic E-state index is 15.4. The summed E-state index contributed by atoms with van der Waals surface area (Å²) in [4.78, 5) is 43.7. The number of pyridine rings is 2. The second-order valence-corrected chi connectivity index (χ2v) is 11.3. The molecule has 2 unspecified atom stereocenters. The van der Waals surface area contributed by atoms with Gasteiger partial charge in [-0.1, -0.05) is 0 Å². The molecule has 1 amide bonds. The fraction of sp³-hybridized carbons (Fsp3) is 0.448. The third kappa shape index (κ3) is 5.73. The monoisotopic (exact) mass is 572 g/mol. The number of halogens is 3. The van der Waals surface area contributed by atoms with Gasteiger partial charge in [0.25, 0.3) is 0 Å². The number of carbonyl (C=O) groups is 2. The van der Waals surface area contributed by atoms with Crippen molar-refractivity contribution in [1.82, 2.24) is 14.9 Å². The molecule has 0 spiro atoms. The maximum Gasteiger partial charge on any atom is 0.407 e. The fourth-order valence-electron chi connectivity index (χ4n) is 5.56. The molecule has 9 nitrogen and oxygen atoms in total. The Morgan fingerprint density at radius 1 is 1.10 bits per heavy atom. The lowest BCUT2D eigenvalue weighted by molar-refractivity contribution is 0.0514. The van der Waals surface area contributed by atoms with Crippen LogP contribution in [0.5, 0.6) is 0 Å². The summed E-state index contributed by atoms with van der Waals surface area (Å²) in [6.45, 7) is 8.44. The van der Waals surface area contributed by atoms with E-state index in [4.69, 9.17) is 9.47 Å². The number of piperidine rings is 1. The van der Waals surface area contributed by atoms with E-state index in [1.807, 2.05) is 0 Å². The van der Waals surface area contributed by atoms with Gasteiger partial charge in [0, 0.05) is 31.9 Å². The smallest absolute Gasteiger partial charge is 0.407 e. The number of benzene rings is 1. The molecule has 12 heteroatoms. The van der Waals surface area contributed by atoms with E-state index >= 15 is 4.39 Å². The predicted molar refractivity (Wildman–Crippen MR) is 145 cm³/mol. The van der Waals surface area contributed by atoms with Crippen LogP contribution in [0.2, 0.25) is 0 Å². The fourth-order valence-corrected chi connectivity index (χ4v) is 5.56. The lowest BCUT2D eigenvalue weighted by atomic mass is 10.1. The first-order chi connectivity index (χ1) is 19.4. The predicted octanol–water partition coefficient (Wildman–Crippen LogP) is 4.58. The molecule has 1 aliphatic carbocycles. The Morgan fingerprint density at radius 2 is 1.80 bits per heavy atom. The normalized spacial score (nSPS) is 19.7. The average Bonchev–Trinajstić information content (AvgIpc) is 3.31. The minimum absolute atomic E-state index is 0.00474. The molecule has 1 aromatic carbocycles. The Morgan fingerprint density at radius 3 is 2.44 bits per heavy atom. The third-order valence-corrected chi connectivity index (χ3v) is 7.39. The van der Waals surface area contributed by atoms with Crippen molar-refractivity contribution in [3.05, 3.63) is 63.7 Å². The number of nitrogens with one attached hydrogen (secondary N) is 1. The van der Waals surface area contributed by atoms with Crippen LogP contribution in [0.25, 0.3) is 16.7 Å². The molecule has 2 fully saturated rings. The summed E-state index contributed by atoms with van der Waals surface area (Å²) in [5, 5.41) is 2.52. The van der Waals surface area contributed by atoms with Gasteiger partial charge in [-0.25, -0.2) is 27.7 Å². The number of nitrogens with zero attached hydrogens (tertiary/aromatic N) is 3. The second-order valence-electron chi connectivity index (χ2n) is 11.3. The Balaban J connectivity index is 1.41. The van der Waals surface area contributed by atoms with Gasteiger partial charge in [-0.15, -0.1) is 0 Å². The van der Waals surface area contributed by atoms with Crippen LogP contribution in [-0.4, -0.2) is 53.5 Å². The summed E-state index contributed by atoms with van der Waals surface area (Å²) < 4.78 is 55.3. The molecule has 2 aliphatic rings. The Bertz CT molecular complexity index is 1570. The van der Waals surface area contributed by atoms with E-state index in [0.717, 1.165) is 35.4 Å². The summed E-state index contributed by atoms with van der Waals surface area (Å²) in [5.41, 5.74) is -2.07.